The number of halogens is 1. The Hall–Kier alpha value is -0.980. The number of carbonyl (C=O) groups is 1. The summed E-state index contributed by atoms with van der Waals surface area (Å²) in [6.07, 6.45) is 0.822. The molecular formula is C13H14ClNO3S2. The molecule has 0 unspecified atom stereocenters. The summed E-state index contributed by atoms with van der Waals surface area (Å²) in [5.41, 5.74) is 0.821. The molecule has 1 N–H and O–H groups in total. The molecule has 0 aliphatic rings. The quantitative estimate of drug-likeness (QED) is 0.605. The molecule has 0 spiro atoms. The highest BCUT2D eigenvalue weighted by atomic mass is 35.5. The second kappa shape index (κ2) is 7.15. The van der Waals surface area contributed by atoms with Gasteiger partial charge in [0.1, 0.15) is 11.3 Å². The van der Waals surface area contributed by atoms with Crippen LogP contribution < -0.4 is 4.74 Å². The summed E-state index contributed by atoms with van der Waals surface area (Å²) in [4.78, 5) is 15.0. The molecule has 20 heavy (non-hydrogen) atoms. The molecule has 0 fully saturated rings. The van der Waals surface area contributed by atoms with Crippen LogP contribution in [0.15, 0.2) is 16.5 Å². The summed E-state index contributed by atoms with van der Waals surface area (Å²) >= 11 is 9.17. The lowest BCUT2D eigenvalue weighted by molar-refractivity contribution is -0.137. The Balaban J connectivity index is 2.12. The van der Waals surface area contributed by atoms with Gasteiger partial charge in [-0.2, -0.15) is 0 Å². The third-order valence-electron chi connectivity index (χ3n) is 2.47. The molecule has 108 valence electrons. The van der Waals surface area contributed by atoms with Crippen LogP contribution in [-0.2, 0) is 4.79 Å². The van der Waals surface area contributed by atoms with Crippen LogP contribution in [0.4, 0.5) is 0 Å². The lowest BCUT2D eigenvalue weighted by Crippen LogP contribution is -1.94. The normalized spacial score (nSPS) is 10.9. The lowest BCUT2D eigenvalue weighted by atomic mass is 10.3. The minimum atomic E-state index is -0.764. The van der Waals surface area contributed by atoms with Crippen molar-refractivity contribution in [1.82, 2.24) is 4.98 Å². The van der Waals surface area contributed by atoms with Crippen LogP contribution in [0, 0.1) is 0 Å². The van der Waals surface area contributed by atoms with Gasteiger partial charge in [0.2, 0.25) is 0 Å². The number of carboxylic acids is 1. The Kier molecular flexibility index (Phi) is 5.51. The van der Waals surface area contributed by atoms with Crippen LogP contribution in [0.25, 0.3) is 10.2 Å². The Morgan fingerprint density at radius 1 is 1.55 bits per heavy atom. The van der Waals surface area contributed by atoms with Crippen LogP contribution in [0.5, 0.6) is 5.75 Å². The number of benzene rings is 1. The molecule has 4 nitrogen and oxygen atoms in total. The summed E-state index contributed by atoms with van der Waals surface area (Å²) in [5, 5.41) is 9.23. The second-order valence-electron chi connectivity index (χ2n) is 4.01. The molecular weight excluding hydrogens is 318 g/mol. The van der Waals surface area contributed by atoms with Crippen molar-refractivity contribution in [2.75, 3.05) is 12.4 Å². The van der Waals surface area contributed by atoms with E-state index in [2.05, 4.69) is 4.98 Å². The van der Waals surface area contributed by atoms with Crippen molar-refractivity contribution in [3.63, 3.8) is 0 Å². The maximum Gasteiger partial charge on any atom is 0.303 e. The fourth-order valence-electron chi connectivity index (χ4n) is 1.66. The number of ether oxygens (including phenoxy) is 1. The summed E-state index contributed by atoms with van der Waals surface area (Å²) in [6.45, 7) is 2.48. The predicted octanol–water partition coefficient (Wildman–Crippen LogP) is 4.31. The van der Waals surface area contributed by atoms with Crippen molar-refractivity contribution < 1.29 is 14.6 Å². The fraction of sp³-hybridized carbons (Fsp3) is 0.385. The van der Waals surface area contributed by atoms with Gasteiger partial charge in [-0.15, -0.1) is 11.3 Å². The van der Waals surface area contributed by atoms with Gasteiger partial charge in [-0.1, -0.05) is 23.4 Å². The van der Waals surface area contributed by atoms with Gasteiger partial charge in [0.25, 0.3) is 0 Å². The third-order valence-corrected chi connectivity index (χ3v) is 4.92. The number of thiazole rings is 1. The van der Waals surface area contributed by atoms with E-state index < -0.39 is 5.97 Å². The van der Waals surface area contributed by atoms with Crippen molar-refractivity contribution in [2.45, 2.75) is 24.1 Å². The van der Waals surface area contributed by atoms with Gasteiger partial charge < -0.3 is 9.84 Å². The molecule has 0 atom stereocenters. The van der Waals surface area contributed by atoms with E-state index in [0.717, 1.165) is 20.3 Å². The summed E-state index contributed by atoms with van der Waals surface area (Å²) in [6, 6.07) is 3.64. The number of aromatic nitrogens is 1. The van der Waals surface area contributed by atoms with E-state index in [1.807, 2.05) is 13.0 Å². The van der Waals surface area contributed by atoms with Gasteiger partial charge in [-0.05, 0) is 19.4 Å². The van der Waals surface area contributed by atoms with E-state index in [4.69, 9.17) is 21.4 Å². The topological polar surface area (TPSA) is 59.4 Å². The SMILES string of the molecule is CCOc1cc(Cl)cc2sc(SCCCC(=O)O)nc12. The highest BCUT2D eigenvalue weighted by Crippen LogP contribution is 2.37. The monoisotopic (exact) mass is 331 g/mol. The minimum absolute atomic E-state index is 0.188. The number of hydrogen-bond donors (Lipinski definition) is 1. The van der Waals surface area contributed by atoms with E-state index in [1.165, 1.54) is 0 Å². The summed E-state index contributed by atoms with van der Waals surface area (Å²) in [5.74, 6) is 0.674. The van der Waals surface area contributed by atoms with E-state index in [0.29, 0.717) is 23.8 Å². The molecule has 2 rings (SSSR count). The summed E-state index contributed by atoms with van der Waals surface area (Å²) in [7, 11) is 0. The molecule has 1 aromatic heterocycles. The second-order valence-corrected chi connectivity index (χ2v) is 6.82. The Labute approximate surface area is 130 Å². The highest BCUT2D eigenvalue weighted by molar-refractivity contribution is 8.01. The van der Waals surface area contributed by atoms with Gasteiger partial charge in [0.15, 0.2) is 4.34 Å². The van der Waals surface area contributed by atoms with E-state index in [-0.39, 0.29) is 6.42 Å². The van der Waals surface area contributed by atoms with Gasteiger partial charge in [0, 0.05) is 23.3 Å². The Morgan fingerprint density at radius 3 is 3.05 bits per heavy atom. The smallest absolute Gasteiger partial charge is 0.303 e. The highest BCUT2D eigenvalue weighted by Gasteiger charge is 2.11. The van der Waals surface area contributed by atoms with Crippen molar-refractivity contribution in [3.05, 3.63) is 17.2 Å². The van der Waals surface area contributed by atoms with Crippen LogP contribution in [0.3, 0.4) is 0 Å². The number of rotatable bonds is 7. The number of nitrogens with zero attached hydrogens (tertiary/aromatic N) is 1. The zero-order valence-electron chi connectivity index (χ0n) is 10.9. The van der Waals surface area contributed by atoms with E-state index in [9.17, 15) is 4.79 Å². The van der Waals surface area contributed by atoms with Gasteiger partial charge >= 0.3 is 5.97 Å². The van der Waals surface area contributed by atoms with Crippen LogP contribution in [-0.4, -0.2) is 28.4 Å². The third kappa shape index (κ3) is 4.01. The lowest BCUT2D eigenvalue weighted by Gasteiger charge is -2.03. The number of aliphatic carboxylic acids is 1. The zero-order valence-corrected chi connectivity index (χ0v) is 13.3. The van der Waals surface area contributed by atoms with Gasteiger partial charge in [-0.3, -0.25) is 4.79 Å². The summed E-state index contributed by atoms with van der Waals surface area (Å²) < 4.78 is 7.44. The Bertz CT molecular complexity index is 615. The first-order valence-electron chi connectivity index (χ1n) is 6.17. The average Bonchev–Trinajstić information content (AvgIpc) is 2.77. The minimum Gasteiger partial charge on any atom is -0.492 e. The van der Waals surface area contributed by atoms with E-state index in [1.54, 1.807) is 29.2 Å². The van der Waals surface area contributed by atoms with Gasteiger partial charge in [0.05, 0.1) is 11.3 Å². The van der Waals surface area contributed by atoms with Crippen molar-refractivity contribution in [2.24, 2.45) is 0 Å². The first-order chi connectivity index (χ1) is 9.60. The zero-order chi connectivity index (χ0) is 14.5. The first-order valence-corrected chi connectivity index (χ1v) is 8.35. The molecule has 0 saturated heterocycles. The molecule has 0 amide bonds. The first kappa shape index (κ1) is 15.4. The molecule has 1 aromatic carbocycles. The fourth-order valence-corrected chi connectivity index (χ4v) is 4.06. The molecule has 0 aliphatic heterocycles. The molecule has 0 bridgehead atoms. The van der Waals surface area contributed by atoms with Crippen molar-refractivity contribution in [1.29, 1.82) is 0 Å². The average molecular weight is 332 g/mol. The van der Waals surface area contributed by atoms with Crippen LogP contribution in [0.2, 0.25) is 5.02 Å². The molecule has 1 heterocycles. The van der Waals surface area contributed by atoms with Crippen molar-refractivity contribution >= 4 is 50.9 Å². The Morgan fingerprint density at radius 2 is 2.35 bits per heavy atom. The van der Waals surface area contributed by atoms with Crippen LogP contribution in [0.1, 0.15) is 19.8 Å². The number of carboxylic acid groups (broad SMARTS) is 1. The molecule has 0 saturated carbocycles. The maximum atomic E-state index is 10.5. The number of hydrogen-bond acceptors (Lipinski definition) is 5. The molecule has 2 aromatic rings. The van der Waals surface area contributed by atoms with Crippen LogP contribution >= 0.6 is 34.7 Å². The standard InChI is InChI=1S/C13H14ClNO3S2/c1-2-18-9-6-8(14)7-10-12(9)15-13(20-10)19-5-3-4-11(16)17/h6-7H,2-5H2,1H3,(H,16,17). The number of thioether (sulfide) groups is 1. The van der Waals surface area contributed by atoms with Gasteiger partial charge in [-0.25, -0.2) is 4.98 Å². The van der Waals surface area contributed by atoms with Crippen molar-refractivity contribution in [3.8, 4) is 5.75 Å². The number of fused-ring (bicyclic) bond motifs is 1. The maximum absolute atomic E-state index is 10.5. The molecule has 0 aliphatic carbocycles. The van der Waals surface area contributed by atoms with E-state index >= 15 is 0 Å². The molecule has 7 heteroatoms. The largest absolute Gasteiger partial charge is 0.492 e. The predicted molar refractivity (Wildman–Crippen MR) is 83.4 cm³/mol. The molecule has 0 radical (unpaired) electrons.